The predicted molar refractivity (Wildman–Crippen MR) is 94.8 cm³/mol. The van der Waals surface area contributed by atoms with Crippen LogP contribution in [0.25, 0.3) is 0 Å². The molecule has 2 N–H and O–H groups in total. The highest BCUT2D eigenvalue weighted by atomic mass is 19.1. The molecule has 132 valence electrons. The summed E-state index contributed by atoms with van der Waals surface area (Å²) in [5, 5.41) is 5.36. The number of benzene rings is 2. The van der Waals surface area contributed by atoms with Crippen LogP contribution < -0.4 is 15.4 Å². The minimum atomic E-state index is -0.697. The molecule has 0 fully saturated rings. The topological polar surface area (TPSA) is 50.4 Å². The molecule has 2 aromatic rings. The molecule has 0 aliphatic rings. The number of ether oxygens (including phenoxy) is 1. The van der Waals surface area contributed by atoms with E-state index in [-0.39, 0.29) is 5.69 Å². The molecule has 0 saturated carbocycles. The lowest BCUT2D eigenvalue weighted by atomic mass is 10.2. The average molecular weight is 346 g/mol. The minimum absolute atomic E-state index is 0.197. The summed E-state index contributed by atoms with van der Waals surface area (Å²) in [7, 11) is 0. The van der Waals surface area contributed by atoms with Crippen LogP contribution in [-0.4, -0.2) is 18.6 Å². The molecule has 0 radical (unpaired) electrons. The molecule has 1 unspecified atom stereocenters. The Morgan fingerprint density at radius 1 is 1.24 bits per heavy atom. The van der Waals surface area contributed by atoms with Gasteiger partial charge >= 0.3 is 0 Å². The van der Waals surface area contributed by atoms with Crippen molar-refractivity contribution in [2.75, 3.05) is 17.2 Å². The molecule has 0 saturated heterocycles. The van der Waals surface area contributed by atoms with E-state index in [4.69, 9.17) is 4.74 Å². The molecule has 0 aromatic heterocycles. The van der Waals surface area contributed by atoms with Gasteiger partial charge in [-0.3, -0.25) is 4.79 Å². The van der Waals surface area contributed by atoms with Gasteiger partial charge in [0.2, 0.25) is 5.91 Å². The van der Waals surface area contributed by atoms with Crippen LogP contribution in [0.2, 0.25) is 0 Å². The molecular formula is C19H20F2N2O2. The number of nitrogens with one attached hydrogen (secondary N) is 2. The maximum absolute atomic E-state index is 13.6. The van der Waals surface area contributed by atoms with Crippen LogP contribution >= 0.6 is 0 Å². The summed E-state index contributed by atoms with van der Waals surface area (Å²) < 4.78 is 32.3. The quantitative estimate of drug-likeness (QED) is 0.733. The van der Waals surface area contributed by atoms with E-state index < -0.39 is 23.6 Å². The Morgan fingerprint density at radius 3 is 2.72 bits per heavy atom. The highest BCUT2D eigenvalue weighted by Gasteiger charge is 2.15. The summed E-state index contributed by atoms with van der Waals surface area (Å²) in [6.07, 6.45) is 0. The average Bonchev–Trinajstić information content (AvgIpc) is 2.56. The third kappa shape index (κ3) is 5.60. The molecule has 0 bridgehead atoms. The fourth-order valence-corrected chi connectivity index (χ4v) is 2.03. The van der Waals surface area contributed by atoms with E-state index in [1.807, 2.05) is 6.92 Å². The zero-order chi connectivity index (χ0) is 18.4. The number of hydrogen-bond acceptors (Lipinski definition) is 3. The second kappa shape index (κ2) is 8.28. The lowest BCUT2D eigenvalue weighted by Crippen LogP contribution is -2.32. The lowest BCUT2D eigenvalue weighted by Gasteiger charge is -2.16. The zero-order valence-corrected chi connectivity index (χ0v) is 14.1. The van der Waals surface area contributed by atoms with E-state index in [1.165, 1.54) is 0 Å². The van der Waals surface area contributed by atoms with Crippen molar-refractivity contribution in [3.05, 3.63) is 66.3 Å². The first kappa shape index (κ1) is 18.4. The smallest absolute Gasteiger partial charge is 0.246 e. The van der Waals surface area contributed by atoms with E-state index in [2.05, 4.69) is 17.2 Å². The maximum Gasteiger partial charge on any atom is 0.246 e. The van der Waals surface area contributed by atoms with Crippen LogP contribution in [0.3, 0.4) is 0 Å². The van der Waals surface area contributed by atoms with Crippen molar-refractivity contribution in [3.63, 3.8) is 0 Å². The Kier molecular flexibility index (Phi) is 6.11. The van der Waals surface area contributed by atoms with Gasteiger partial charge in [-0.05, 0) is 43.7 Å². The largest absolute Gasteiger partial charge is 0.489 e. The minimum Gasteiger partial charge on any atom is -0.489 e. The maximum atomic E-state index is 13.6. The second-order valence-corrected chi connectivity index (χ2v) is 5.75. The van der Waals surface area contributed by atoms with E-state index in [0.717, 1.165) is 23.8 Å². The van der Waals surface area contributed by atoms with Gasteiger partial charge in [0, 0.05) is 17.8 Å². The Morgan fingerprint density at radius 2 is 2.00 bits per heavy atom. The van der Waals surface area contributed by atoms with Gasteiger partial charge in [-0.15, -0.1) is 0 Å². The number of carbonyl (C=O) groups is 1. The van der Waals surface area contributed by atoms with Crippen molar-refractivity contribution in [2.24, 2.45) is 0 Å². The Balaban J connectivity index is 2.00. The third-order valence-electron chi connectivity index (χ3n) is 3.28. The SMILES string of the molecule is C=C(C)COc1cccc(NC(C)C(=O)Nc2cc(F)ccc2F)c1. The number of halogens is 2. The Labute approximate surface area is 145 Å². The Bertz CT molecular complexity index is 778. The van der Waals surface area contributed by atoms with E-state index >= 15 is 0 Å². The van der Waals surface area contributed by atoms with E-state index in [0.29, 0.717) is 18.0 Å². The summed E-state index contributed by atoms with van der Waals surface area (Å²) in [6.45, 7) is 7.65. The van der Waals surface area contributed by atoms with Crippen molar-refractivity contribution < 1.29 is 18.3 Å². The molecule has 0 spiro atoms. The molecule has 1 atom stereocenters. The van der Waals surface area contributed by atoms with Gasteiger partial charge in [-0.2, -0.15) is 0 Å². The van der Waals surface area contributed by atoms with Gasteiger partial charge in [0.15, 0.2) is 0 Å². The monoisotopic (exact) mass is 346 g/mol. The fourth-order valence-electron chi connectivity index (χ4n) is 2.03. The molecule has 2 rings (SSSR count). The van der Waals surface area contributed by atoms with Crippen molar-refractivity contribution >= 4 is 17.3 Å². The van der Waals surface area contributed by atoms with Gasteiger partial charge in [0.1, 0.15) is 30.0 Å². The van der Waals surface area contributed by atoms with Gasteiger partial charge in [-0.1, -0.05) is 12.6 Å². The van der Waals surface area contributed by atoms with E-state index in [1.54, 1.807) is 31.2 Å². The summed E-state index contributed by atoms with van der Waals surface area (Å²) >= 11 is 0. The summed E-state index contributed by atoms with van der Waals surface area (Å²) in [5.41, 5.74) is 1.36. The fraction of sp³-hybridized carbons (Fsp3) is 0.211. The molecular weight excluding hydrogens is 326 g/mol. The van der Waals surface area contributed by atoms with Crippen LogP contribution in [0, 0.1) is 11.6 Å². The van der Waals surface area contributed by atoms with Gasteiger partial charge in [0.05, 0.1) is 5.69 Å². The molecule has 0 aliphatic carbocycles. The number of amides is 1. The van der Waals surface area contributed by atoms with Crippen molar-refractivity contribution in [1.29, 1.82) is 0 Å². The van der Waals surface area contributed by atoms with Crippen LogP contribution in [0.4, 0.5) is 20.2 Å². The first-order valence-electron chi connectivity index (χ1n) is 7.75. The molecule has 2 aromatic carbocycles. The zero-order valence-electron chi connectivity index (χ0n) is 14.1. The van der Waals surface area contributed by atoms with Crippen LogP contribution in [0.5, 0.6) is 5.75 Å². The van der Waals surface area contributed by atoms with Crippen LogP contribution in [0.15, 0.2) is 54.6 Å². The number of hydrogen-bond donors (Lipinski definition) is 2. The Hall–Kier alpha value is -2.89. The standard InChI is InChI=1S/C19H20F2N2O2/c1-12(2)11-25-16-6-4-5-15(10-16)22-13(3)19(24)23-18-9-14(20)7-8-17(18)21/h4-10,13,22H,1,11H2,2-3H3,(H,23,24). The molecule has 4 nitrogen and oxygen atoms in total. The van der Waals surface area contributed by atoms with Crippen molar-refractivity contribution in [1.82, 2.24) is 0 Å². The van der Waals surface area contributed by atoms with Crippen molar-refractivity contribution in [3.8, 4) is 5.75 Å². The molecule has 0 heterocycles. The highest BCUT2D eigenvalue weighted by Crippen LogP contribution is 2.20. The summed E-state index contributed by atoms with van der Waals surface area (Å²) in [6, 6.07) is 9.32. The molecule has 6 heteroatoms. The predicted octanol–water partition coefficient (Wildman–Crippen LogP) is 4.36. The molecule has 1 amide bonds. The summed E-state index contributed by atoms with van der Waals surface area (Å²) in [4.78, 5) is 12.2. The second-order valence-electron chi connectivity index (χ2n) is 5.75. The first-order chi connectivity index (χ1) is 11.8. The van der Waals surface area contributed by atoms with Gasteiger partial charge < -0.3 is 15.4 Å². The van der Waals surface area contributed by atoms with E-state index in [9.17, 15) is 13.6 Å². The lowest BCUT2D eigenvalue weighted by molar-refractivity contribution is -0.116. The van der Waals surface area contributed by atoms with Crippen LogP contribution in [-0.2, 0) is 4.79 Å². The number of anilines is 2. The number of carbonyl (C=O) groups excluding carboxylic acids is 1. The summed E-state index contributed by atoms with van der Waals surface area (Å²) in [5.74, 6) is -1.17. The highest BCUT2D eigenvalue weighted by molar-refractivity contribution is 5.96. The van der Waals surface area contributed by atoms with Crippen LogP contribution in [0.1, 0.15) is 13.8 Å². The first-order valence-corrected chi connectivity index (χ1v) is 7.75. The normalized spacial score (nSPS) is 11.5. The molecule has 25 heavy (non-hydrogen) atoms. The van der Waals surface area contributed by atoms with Crippen molar-refractivity contribution in [2.45, 2.75) is 19.9 Å². The van der Waals surface area contributed by atoms with Gasteiger partial charge in [-0.25, -0.2) is 8.78 Å². The third-order valence-corrected chi connectivity index (χ3v) is 3.28. The molecule has 0 aliphatic heterocycles. The van der Waals surface area contributed by atoms with Gasteiger partial charge in [0.25, 0.3) is 0 Å². The number of rotatable bonds is 7.